The summed E-state index contributed by atoms with van der Waals surface area (Å²) in [6.07, 6.45) is 3.64. The third kappa shape index (κ3) is 1.65. The van der Waals surface area contributed by atoms with Crippen LogP contribution >= 0.6 is 0 Å². The van der Waals surface area contributed by atoms with E-state index in [4.69, 9.17) is 5.73 Å². The van der Waals surface area contributed by atoms with Gasteiger partial charge in [0.05, 0.1) is 0 Å². The average molecular weight is 196 g/mol. The maximum Gasteiger partial charge on any atom is 0.225 e. The van der Waals surface area contributed by atoms with Crippen molar-refractivity contribution in [3.8, 4) is 0 Å². The van der Waals surface area contributed by atoms with Crippen molar-refractivity contribution in [3.05, 3.63) is 0 Å². The molecule has 14 heavy (non-hydrogen) atoms. The zero-order valence-electron chi connectivity index (χ0n) is 9.07. The first-order valence-electron chi connectivity index (χ1n) is 5.60. The van der Waals surface area contributed by atoms with Gasteiger partial charge in [0.25, 0.3) is 0 Å². The van der Waals surface area contributed by atoms with Crippen LogP contribution in [0.15, 0.2) is 0 Å². The molecule has 0 saturated heterocycles. The number of carbonyl (C=O) groups is 1. The summed E-state index contributed by atoms with van der Waals surface area (Å²) >= 11 is 0. The van der Waals surface area contributed by atoms with Crippen LogP contribution in [-0.2, 0) is 4.79 Å². The van der Waals surface area contributed by atoms with Gasteiger partial charge in [0.15, 0.2) is 0 Å². The van der Waals surface area contributed by atoms with Crippen LogP contribution in [0.25, 0.3) is 0 Å². The number of nitrogens with two attached hydrogens (primary N) is 1. The zero-order valence-corrected chi connectivity index (χ0v) is 9.07. The number of hydrogen-bond acceptors (Lipinski definition) is 2. The third-order valence-corrected chi connectivity index (χ3v) is 3.94. The molecule has 2 fully saturated rings. The fourth-order valence-corrected chi connectivity index (χ4v) is 2.58. The topological polar surface area (TPSA) is 46.3 Å². The smallest absolute Gasteiger partial charge is 0.225 e. The Morgan fingerprint density at radius 2 is 2.00 bits per heavy atom. The molecule has 0 bridgehead atoms. The molecule has 2 saturated carbocycles. The molecule has 2 aliphatic carbocycles. The predicted molar refractivity (Wildman–Crippen MR) is 55.6 cm³/mol. The molecule has 3 nitrogen and oxygen atoms in total. The highest BCUT2D eigenvalue weighted by Gasteiger charge is 2.48. The normalized spacial score (nSPS) is 36.4. The van der Waals surface area contributed by atoms with Crippen LogP contribution in [0, 0.1) is 17.8 Å². The summed E-state index contributed by atoms with van der Waals surface area (Å²) in [6, 6.07) is 0.180. The summed E-state index contributed by atoms with van der Waals surface area (Å²) < 4.78 is 0. The van der Waals surface area contributed by atoms with Crippen molar-refractivity contribution in [2.45, 2.75) is 32.2 Å². The lowest BCUT2D eigenvalue weighted by Crippen LogP contribution is -2.42. The molecular formula is C11H20N2O. The first-order chi connectivity index (χ1) is 6.63. The van der Waals surface area contributed by atoms with Gasteiger partial charge in [-0.2, -0.15) is 0 Å². The van der Waals surface area contributed by atoms with E-state index in [1.807, 2.05) is 18.9 Å². The lowest BCUT2D eigenvalue weighted by Gasteiger charge is -2.27. The van der Waals surface area contributed by atoms with Crippen LogP contribution in [0.4, 0.5) is 0 Å². The van der Waals surface area contributed by atoms with Crippen LogP contribution in [0.3, 0.4) is 0 Å². The van der Waals surface area contributed by atoms with Gasteiger partial charge in [-0.05, 0) is 38.0 Å². The fourth-order valence-electron chi connectivity index (χ4n) is 2.58. The number of nitrogens with zero attached hydrogens (tertiary/aromatic N) is 1. The van der Waals surface area contributed by atoms with E-state index in [0.29, 0.717) is 18.4 Å². The number of rotatable bonds is 3. The summed E-state index contributed by atoms with van der Waals surface area (Å²) in [4.78, 5) is 13.8. The van der Waals surface area contributed by atoms with Gasteiger partial charge in [0.1, 0.15) is 0 Å². The number of likely N-dealkylation sites (N-methyl/N-ethyl adjacent to an activating group) is 1. The minimum Gasteiger partial charge on any atom is -0.342 e. The minimum atomic E-state index is 0.180. The molecule has 0 aromatic heterocycles. The summed E-state index contributed by atoms with van der Waals surface area (Å²) in [5.74, 6) is 2.38. The van der Waals surface area contributed by atoms with Crippen LogP contribution in [0.1, 0.15) is 26.2 Å². The summed E-state index contributed by atoms with van der Waals surface area (Å²) in [6.45, 7) is 2.56. The fraction of sp³-hybridized carbons (Fsp3) is 0.909. The van der Waals surface area contributed by atoms with Gasteiger partial charge in [-0.15, -0.1) is 0 Å². The molecule has 3 atom stereocenters. The standard InChI is InChI=1S/C11H20N2O/c1-7(6-12)13(2)11(14)10-4-8-3-9(8)5-10/h7-10H,3-6,12H2,1-2H3. The zero-order chi connectivity index (χ0) is 10.3. The van der Waals surface area contributed by atoms with E-state index < -0.39 is 0 Å². The molecule has 2 N–H and O–H groups in total. The van der Waals surface area contributed by atoms with E-state index in [0.717, 1.165) is 24.7 Å². The Hall–Kier alpha value is -0.570. The maximum atomic E-state index is 12.0. The molecule has 3 heteroatoms. The second-order valence-corrected chi connectivity index (χ2v) is 4.96. The Kier molecular flexibility index (Phi) is 2.52. The molecule has 80 valence electrons. The van der Waals surface area contributed by atoms with E-state index in [9.17, 15) is 4.79 Å². The van der Waals surface area contributed by atoms with Crippen LogP contribution in [0.5, 0.6) is 0 Å². The van der Waals surface area contributed by atoms with Gasteiger partial charge in [0, 0.05) is 25.6 Å². The van der Waals surface area contributed by atoms with Crippen LogP contribution in [-0.4, -0.2) is 30.4 Å². The van der Waals surface area contributed by atoms with E-state index in [1.54, 1.807) is 0 Å². The van der Waals surface area contributed by atoms with Crippen molar-refractivity contribution in [1.29, 1.82) is 0 Å². The lowest BCUT2D eigenvalue weighted by atomic mass is 10.0. The van der Waals surface area contributed by atoms with Crippen molar-refractivity contribution < 1.29 is 4.79 Å². The van der Waals surface area contributed by atoms with Crippen molar-refractivity contribution in [3.63, 3.8) is 0 Å². The predicted octanol–water partition coefficient (Wildman–Crippen LogP) is 0.838. The van der Waals surface area contributed by atoms with Crippen LogP contribution < -0.4 is 5.73 Å². The van der Waals surface area contributed by atoms with Crippen LogP contribution in [0.2, 0.25) is 0 Å². The molecule has 0 aromatic carbocycles. The quantitative estimate of drug-likeness (QED) is 0.727. The molecule has 1 amide bonds. The van der Waals surface area contributed by atoms with Gasteiger partial charge in [0.2, 0.25) is 5.91 Å². The van der Waals surface area contributed by atoms with Gasteiger partial charge in [-0.3, -0.25) is 4.79 Å². The molecule has 3 unspecified atom stereocenters. The second-order valence-electron chi connectivity index (χ2n) is 4.96. The van der Waals surface area contributed by atoms with E-state index in [-0.39, 0.29) is 6.04 Å². The summed E-state index contributed by atoms with van der Waals surface area (Å²) in [5.41, 5.74) is 5.55. The van der Waals surface area contributed by atoms with E-state index >= 15 is 0 Å². The Bertz CT molecular complexity index is 227. The number of amides is 1. The summed E-state index contributed by atoms with van der Waals surface area (Å²) in [5, 5.41) is 0. The molecule has 0 aromatic rings. The Morgan fingerprint density at radius 3 is 2.50 bits per heavy atom. The molecule has 0 spiro atoms. The first-order valence-corrected chi connectivity index (χ1v) is 5.60. The third-order valence-electron chi connectivity index (χ3n) is 3.94. The molecule has 0 heterocycles. The first kappa shape index (κ1) is 9.97. The second kappa shape index (κ2) is 3.54. The van der Waals surface area contributed by atoms with Crippen molar-refractivity contribution in [2.24, 2.45) is 23.5 Å². The molecular weight excluding hydrogens is 176 g/mol. The number of hydrogen-bond donors (Lipinski definition) is 1. The highest BCUT2D eigenvalue weighted by Crippen LogP contribution is 2.54. The highest BCUT2D eigenvalue weighted by atomic mass is 16.2. The van der Waals surface area contributed by atoms with Crippen molar-refractivity contribution >= 4 is 5.91 Å². The Balaban J connectivity index is 1.88. The highest BCUT2D eigenvalue weighted by molar-refractivity contribution is 5.79. The van der Waals surface area contributed by atoms with E-state index in [2.05, 4.69) is 0 Å². The lowest BCUT2D eigenvalue weighted by molar-refractivity contribution is -0.136. The monoisotopic (exact) mass is 196 g/mol. The van der Waals surface area contributed by atoms with E-state index in [1.165, 1.54) is 6.42 Å². The largest absolute Gasteiger partial charge is 0.342 e. The molecule has 0 aliphatic heterocycles. The number of fused-ring (bicyclic) bond motifs is 1. The maximum absolute atomic E-state index is 12.0. The van der Waals surface area contributed by atoms with Gasteiger partial charge in [-0.1, -0.05) is 0 Å². The number of carbonyl (C=O) groups excluding carboxylic acids is 1. The average Bonchev–Trinajstić information content (AvgIpc) is 2.82. The molecule has 2 rings (SSSR count). The minimum absolute atomic E-state index is 0.180. The Labute approximate surface area is 85.6 Å². The van der Waals surface area contributed by atoms with Crippen molar-refractivity contribution in [2.75, 3.05) is 13.6 Å². The molecule has 0 radical (unpaired) electrons. The van der Waals surface area contributed by atoms with Crippen molar-refractivity contribution in [1.82, 2.24) is 4.90 Å². The van der Waals surface area contributed by atoms with Gasteiger partial charge < -0.3 is 10.6 Å². The SMILES string of the molecule is CC(CN)N(C)C(=O)C1CC2CC2C1. The molecule has 2 aliphatic rings. The van der Waals surface area contributed by atoms with Gasteiger partial charge in [-0.25, -0.2) is 0 Å². The van der Waals surface area contributed by atoms with Gasteiger partial charge >= 0.3 is 0 Å². The Morgan fingerprint density at radius 1 is 1.43 bits per heavy atom. The summed E-state index contributed by atoms with van der Waals surface area (Å²) in [7, 11) is 1.88.